The Morgan fingerprint density at radius 3 is 2.40 bits per heavy atom. The highest BCUT2D eigenvalue weighted by atomic mass is 79.9. The molecule has 0 aliphatic carbocycles. The second kappa shape index (κ2) is 3.23. The van der Waals surface area contributed by atoms with Gasteiger partial charge in [-0.3, -0.25) is 0 Å². The molecule has 0 unspecified atom stereocenters. The summed E-state index contributed by atoms with van der Waals surface area (Å²) in [6.45, 7) is 0. The fraction of sp³-hybridized carbons (Fsp3) is 0. The Morgan fingerprint density at radius 2 is 2.00 bits per heavy atom. The zero-order valence-corrected chi connectivity index (χ0v) is 7.43. The van der Waals surface area contributed by atoms with Gasteiger partial charge in [-0.25, -0.2) is 10.4 Å². The van der Waals surface area contributed by atoms with Crippen LogP contribution in [0.25, 0.3) is 0 Å². The topological polar surface area (TPSA) is 29.3 Å². The fourth-order valence-corrected chi connectivity index (χ4v) is 1.35. The molecule has 2 nitrogen and oxygen atoms in total. The predicted octanol–water partition coefficient (Wildman–Crippen LogP) is 2.28. The van der Waals surface area contributed by atoms with E-state index in [-0.39, 0.29) is 0 Å². The van der Waals surface area contributed by atoms with Crippen molar-refractivity contribution in [1.29, 1.82) is 0 Å². The van der Waals surface area contributed by atoms with E-state index in [1.165, 1.54) is 0 Å². The quantitative estimate of drug-likeness (QED) is 0.448. The molecule has 2 N–H and O–H groups in total. The van der Waals surface area contributed by atoms with Crippen molar-refractivity contribution in [2.45, 2.75) is 0 Å². The second-order valence-electron chi connectivity index (χ2n) is 1.76. The van der Waals surface area contributed by atoms with E-state index in [0.717, 1.165) is 14.7 Å². The molecule has 0 amide bonds. The first-order valence-corrected chi connectivity index (χ1v) is 3.80. The summed E-state index contributed by atoms with van der Waals surface area (Å²) in [5.41, 5.74) is 0.754. The molecule has 0 atom stereocenters. The van der Waals surface area contributed by atoms with Crippen LogP contribution >= 0.6 is 27.7 Å². The van der Waals surface area contributed by atoms with Gasteiger partial charge in [0.25, 0.3) is 0 Å². The number of nitrogens with zero attached hydrogens (tertiary/aromatic N) is 1. The van der Waals surface area contributed by atoms with Gasteiger partial charge in [-0.2, -0.15) is 0 Å². The average molecular weight is 221 g/mol. The maximum atomic E-state index is 5.49. The van der Waals surface area contributed by atoms with Crippen LogP contribution in [-0.4, -0.2) is 0 Å². The molecular formula is C6H6BrClN2. The molecule has 10 heavy (non-hydrogen) atoms. The molecule has 0 saturated heterocycles. The van der Waals surface area contributed by atoms with E-state index in [2.05, 4.69) is 15.9 Å². The van der Waals surface area contributed by atoms with Gasteiger partial charge in [0.15, 0.2) is 0 Å². The summed E-state index contributed by atoms with van der Waals surface area (Å²) >= 11 is 8.78. The van der Waals surface area contributed by atoms with E-state index in [4.69, 9.17) is 17.6 Å². The molecule has 0 aliphatic heterocycles. The van der Waals surface area contributed by atoms with Crippen LogP contribution in [0.3, 0.4) is 0 Å². The molecule has 0 fully saturated rings. The Bertz CT molecular complexity index is 227. The third-order valence-corrected chi connectivity index (χ3v) is 1.94. The lowest BCUT2D eigenvalue weighted by molar-refractivity contribution is 1.19. The van der Waals surface area contributed by atoms with Gasteiger partial charge in [-0.05, 0) is 28.1 Å². The number of benzene rings is 1. The number of anilines is 1. The van der Waals surface area contributed by atoms with E-state index < -0.39 is 0 Å². The maximum absolute atomic E-state index is 5.49. The minimum Gasteiger partial charge on any atom is -0.232 e. The number of para-hydroxylation sites is 1. The molecule has 0 saturated carbocycles. The first-order valence-electron chi connectivity index (χ1n) is 2.67. The van der Waals surface area contributed by atoms with Crippen molar-refractivity contribution in [2.24, 2.45) is 5.84 Å². The van der Waals surface area contributed by atoms with E-state index in [1.807, 2.05) is 24.3 Å². The molecule has 4 heteroatoms. The third-order valence-electron chi connectivity index (χ3n) is 1.08. The summed E-state index contributed by atoms with van der Waals surface area (Å²) in [6, 6.07) is 7.45. The lowest BCUT2D eigenvalue weighted by Gasteiger charge is -2.08. The van der Waals surface area contributed by atoms with Crippen molar-refractivity contribution in [3.05, 3.63) is 28.7 Å². The number of halogens is 2. The molecule has 54 valence electrons. The van der Waals surface area contributed by atoms with Crippen LogP contribution in [0.15, 0.2) is 28.7 Å². The van der Waals surface area contributed by atoms with E-state index in [9.17, 15) is 0 Å². The van der Waals surface area contributed by atoms with Gasteiger partial charge in [-0.15, -0.1) is 0 Å². The van der Waals surface area contributed by atoms with Crippen LogP contribution in [-0.2, 0) is 0 Å². The van der Waals surface area contributed by atoms with Crippen molar-refractivity contribution in [2.75, 3.05) is 4.53 Å². The maximum Gasteiger partial charge on any atom is 0.0845 e. The second-order valence-corrected chi connectivity index (χ2v) is 2.98. The van der Waals surface area contributed by atoms with E-state index in [0.29, 0.717) is 0 Å². The number of rotatable bonds is 1. The SMILES string of the molecule is NN(Cl)c1ccccc1Br. The van der Waals surface area contributed by atoms with Crippen LogP contribution in [0.1, 0.15) is 0 Å². The molecule has 1 aromatic rings. The Morgan fingerprint density at radius 1 is 1.40 bits per heavy atom. The average Bonchev–Trinajstić information content (AvgIpc) is 1.88. The van der Waals surface area contributed by atoms with Crippen molar-refractivity contribution in [3.63, 3.8) is 0 Å². The van der Waals surface area contributed by atoms with Gasteiger partial charge >= 0.3 is 0 Å². The van der Waals surface area contributed by atoms with Crippen molar-refractivity contribution < 1.29 is 0 Å². The van der Waals surface area contributed by atoms with E-state index in [1.54, 1.807) is 0 Å². The molecule has 0 heterocycles. The smallest absolute Gasteiger partial charge is 0.0845 e. The fourth-order valence-electron chi connectivity index (χ4n) is 0.625. The highest BCUT2D eigenvalue weighted by Crippen LogP contribution is 2.24. The van der Waals surface area contributed by atoms with Crippen molar-refractivity contribution in [1.82, 2.24) is 0 Å². The van der Waals surface area contributed by atoms with Crippen LogP contribution in [0.2, 0.25) is 0 Å². The largest absolute Gasteiger partial charge is 0.232 e. The lowest BCUT2D eigenvalue weighted by atomic mass is 10.3. The molecule has 1 aromatic carbocycles. The van der Waals surface area contributed by atoms with Crippen LogP contribution in [0.5, 0.6) is 0 Å². The number of hydrogen-bond acceptors (Lipinski definition) is 2. The number of hydrazine groups is 1. The first-order chi connectivity index (χ1) is 4.72. The molecule has 0 aliphatic rings. The number of nitrogens with two attached hydrogens (primary N) is 1. The minimum atomic E-state index is 0.754. The van der Waals surface area contributed by atoms with Gasteiger partial charge in [0, 0.05) is 16.2 Å². The molecular weight excluding hydrogens is 215 g/mol. The first kappa shape index (κ1) is 7.85. The van der Waals surface area contributed by atoms with Gasteiger partial charge in [0.2, 0.25) is 0 Å². The molecule has 0 spiro atoms. The van der Waals surface area contributed by atoms with Crippen molar-refractivity contribution in [3.8, 4) is 0 Å². The summed E-state index contributed by atoms with van der Waals surface area (Å²) in [5.74, 6) is 5.28. The van der Waals surface area contributed by atoms with Gasteiger partial charge in [0.05, 0.1) is 5.69 Å². The van der Waals surface area contributed by atoms with E-state index >= 15 is 0 Å². The molecule has 0 aromatic heterocycles. The zero-order chi connectivity index (χ0) is 7.56. The zero-order valence-electron chi connectivity index (χ0n) is 5.09. The summed E-state index contributed by atoms with van der Waals surface area (Å²) in [5, 5.41) is 0. The van der Waals surface area contributed by atoms with Crippen molar-refractivity contribution >= 4 is 33.4 Å². The Balaban J connectivity index is 3.03. The molecule has 0 bridgehead atoms. The van der Waals surface area contributed by atoms with Crippen LogP contribution in [0, 0.1) is 0 Å². The van der Waals surface area contributed by atoms with Gasteiger partial charge in [-0.1, -0.05) is 12.1 Å². The third kappa shape index (κ3) is 1.62. The Labute approximate surface area is 72.8 Å². The summed E-state index contributed by atoms with van der Waals surface area (Å²) in [6.07, 6.45) is 0. The summed E-state index contributed by atoms with van der Waals surface area (Å²) in [4.78, 5) is 0. The summed E-state index contributed by atoms with van der Waals surface area (Å²) in [7, 11) is 0. The van der Waals surface area contributed by atoms with Gasteiger partial charge in [0.1, 0.15) is 0 Å². The predicted molar refractivity (Wildman–Crippen MR) is 46.7 cm³/mol. The monoisotopic (exact) mass is 220 g/mol. The standard InChI is InChI=1S/C6H6BrClN2/c7-5-3-1-2-4-6(5)10(8)9/h1-4H,9H2. The Hall–Kier alpha value is -0.250. The molecule has 0 radical (unpaired) electrons. The normalized spacial score (nSPS) is 9.50. The Kier molecular flexibility index (Phi) is 2.54. The lowest BCUT2D eigenvalue weighted by Crippen LogP contribution is -2.18. The van der Waals surface area contributed by atoms with Gasteiger partial charge < -0.3 is 0 Å². The highest BCUT2D eigenvalue weighted by Gasteiger charge is 2.00. The minimum absolute atomic E-state index is 0.754. The highest BCUT2D eigenvalue weighted by molar-refractivity contribution is 9.10. The molecule has 1 rings (SSSR count). The summed E-state index contributed by atoms with van der Waals surface area (Å²) < 4.78 is 1.93. The van der Waals surface area contributed by atoms with Crippen LogP contribution < -0.4 is 10.4 Å². The van der Waals surface area contributed by atoms with Crippen LogP contribution in [0.4, 0.5) is 5.69 Å². The number of hydrogen-bond donors (Lipinski definition) is 1.